The molecule has 3 aromatic rings. The molecule has 0 radical (unpaired) electrons. The molecule has 0 saturated carbocycles. The number of benzene rings is 3. The van der Waals surface area contributed by atoms with Crippen molar-refractivity contribution in [2.75, 3.05) is 10.8 Å². The van der Waals surface area contributed by atoms with Crippen LogP contribution < -0.4 is 14.2 Å². The number of rotatable bonds is 8. The van der Waals surface area contributed by atoms with Crippen LogP contribution in [0.4, 0.5) is 5.69 Å². The molecule has 0 aromatic heterocycles. The first-order valence-electron chi connectivity index (χ1n) is 9.56. The first-order valence-corrected chi connectivity index (χ1v) is 11.1. The largest absolute Gasteiger partial charge is 0.489 e. The molecule has 0 heterocycles. The second kappa shape index (κ2) is 9.20. The Morgan fingerprint density at radius 2 is 1.61 bits per heavy atom. The van der Waals surface area contributed by atoms with Crippen LogP contribution in [0.25, 0.3) is 11.1 Å². The lowest BCUT2D eigenvalue weighted by Crippen LogP contribution is -2.40. The SMILES string of the molecule is Cc1cccc(C)c1-c1cccc(COc2ccc(N(CC(=O)O)S(N)(=O)=O)cc2)c1. The van der Waals surface area contributed by atoms with E-state index >= 15 is 0 Å². The number of aliphatic carboxylic acids is 1. The van der Waals surface area contributed by atoms with Crippen LogP contribution in [0.15, 0.2) is 66.7 Å². The van der Waals surface area contributed by atoms with Crippen LogP contribution in [0.2, 0.25) is 0 Å². The van der Waals surface area contributed by atoms with Crippen molar-refractivity contribution < 1.29 is 23.1 Å². The summed E-state index contributed by atoms with van der Waals surface area (Å²) in [5, 5.41) is 14.0. The highest BCUT2D eigenvalue weighted by molar-refractivity contribution is 7.90. The van der Waals surface area contributed by atoms with Gasteiger partial charge >= 0.3 is 5.97 Å². The van der Waals surface area contributed by atoms with Crippen molar-refractivity contribution >= 4 is 21.9 Å². The number of ether oxygens (including phenoxy) is 1. The summed E-state index contributed by atoms with van der Waals surface area (Å²) in [4.78, 5) is 10.9. The summed E-state index contributed by atoms with van der Waals surface area (Å²) in [5.74, 6) is -0.788. The van der Waals surface area contributed by atoms with Crippen LogP contribution in [-0.2, 0) is 21.6 Å². The van der Waals surface area contributed by atoms with Gasteiger partial charge in [0, 0.05) is 0 Å². The number of carboxylic acid groups (broad SMARTS) is 1. The van der Waals surface area contributed by atoms with Crippen molar-refractivity contribution in [3.63, 3.8) is 0 Å². The Balaban J connectivity index is 1.74. The third-order valence-electron chi connectivity index (χ3n) is 4.81. The second-order valence-electron chi connectivity index (χ2n) is 7.20. The van der Waals surface area contributed by atoms with Crippen molar-refractivity contribution in [2.24, 2.45) is 5.14 Å². The second-order valence-corrected chi connectivity index (χ2v) is 8.67. The first-order chi connectivity index (χ1) is 14.6. The van der Waals surface area contributed by atoms with E-state index in [1.807, 2.05) is 18.2 Å². The number of carboxylic acids is 1. The summed E-state index contributed by atoms with van der Waals surface area (Å²) in [6.45, 7) is 3.74. The molecule has 0 aliphatic heterocycles. The molecule has 0 aliphatic carbocycles. The van der Waals surface area contributed by atoms with Gasteiger partial charge in [0.25, 0.3) is 10.2 Å². The van der Waals surface area contributed by atoms with Gasteiger partial charge < -0.3 is 9.84 Å². The number of nitrogens with zero attached hydrogens (tertiary/aromatic N) is 1. The van der Waals surface area contributed by atoms with E-state index in [0.717, 1.165) is 11.1 Å². The first kappa shape index (κ1) is 22.3. The molecule has 0 amide bonds. The predicted molar refractivity (Wildman–Crippen MR) is 120 cm³/mol. The van der Waals surface area contributed by atoms with E-state index in [1.165, 1.54) is 28.8 Å². The Kier molecular flexibility index (Phi) is 6.62. The summed E-state index contributed by atoms with van der Waals surface area (Å²) >= 11 is 0. The molecule has 0 bridgehead atoms. The van der Waals surface area contributed by atoms with Crippen LogP contribution in [0.3, 0.4) is 0 Å². The van der Waals surface area contributed by atoms with E-state index in [0.29, 0.717) is 16.7 Å². The smallest absolute Gasteiger partial charge is 0.324 e. The van der Waals surface area contributed by atoms with Crippen molar-refractivity contribution in [3.05, 3.63) is 83.4 Å². The molecular weight excluding hydrogens is 416 g/mol. The zero-order valence-corrected chi connectivity index (χ0v) is 18.1. The third-order valence-corrected chi connectivity index (χ3v) is 5.77. The van der Waals surface area contributed by atoms with Crippen LogP contribution in [0.1, 0.15) is 16.7 Å². The maximum absolute atomic E-state index is 11.7. The van der Waals surface area contributed by atoms with Crippen molar-refractivity contribution in [1.82, 2.24) is 0 Å². The summed E-state index contributed by atoms with van der Waals surface area (Å²) in [6.07, 6.45) is 0. The zero-order valence-electron chi connectivity index (χ0n) is 17.3. The van der Waals surface area contributed by atoms with Gasteiger partial charge in [0.2, 0.25) is 0 Å². The van der Waals surface area contributed by atoms with Gasteiger partial charge in [0.05, 0.1) is 5.69 Å². The summed E-state index contributed by atoms with van der Waals surface area (Å²) < 4.78 is 29.8. The molecule has 7 nitrogen and oxygen atoms in total. The molecule has 8 heteroatoms. The molecule has 0 atom stereocenters. The number of aryl methyl sites for hydroxylation is 2. The minimum atomic E-state index is -4.21. The van der Waals surface area contributed by atoms with E-state index in [9.17, 15) is 13.2 Å². The molecule has 0 saturated heterocycles. The molecule has 3 N–H and O–H groups in total. The summed E-state index contributed by atoms with van der Waals surface area (Å²) in [7, 11) is -4.21. The average molecular weight is 441 g/mol. The molecule has 3 aromatic carbocycles. The highest BCUT2D eigenvalue weighted by Gasteiger charge is 2.21. The fourth-order valence-electron chi connectivity index (χ4n) is 3.41. The minimum absolute atomic E-state index is 0.147. The fourth-order valence-corrected chi connectivity index (χ4v) is 4.12. The quantitative estimate of drug-likeness (QED) is 0.556. The molecule has 31 heavy (non-hydrogen) atoms. The summed E-state index contributed by atoms with van der Waals surface area (Å²) in [6, 6.07) is 20.4. The van der Waals surface area contributed by atoms with Crippen molar-refractivity contribution in [1.29, 1.82) is 0 Å². The Morgan fingerprint density at radius 3 is 2.19 bits per heavy atom. The van der Waals surface area contributed by atoms with Gasteiger partial charge in [-0.15, -0.1) is 0 Å². The van der Waals surface area contributed by atoms with Crippen LogP contribution in [0.5, 0.6) is 5.75 Å². The van der Waals surface area contributed by atoms with Gasteiger partial charge in [-0.05, 0) is 72.0 Å². The van der Waals surface area contributed by atoms with E-state index in [2.05, 4.69) is 38.1 Å². The van der Waals surface area contributed by atoms with Gasteiger partial charge in [-0.1, -0.05) is 36.4 Å². The van der Waals surface area contributed by atoms with E-state index in [1.54, 1.807) is 12.1 Å². The lowest BCUT2D eigenvalue weighted by molar-refractivity contribution is -0.135. The number of anilines is 1. The third kappa shape index (κ3) is 5.62. The molecule has 162 valence electrons. The van der Waals surface area contributed by atoms with Gasteiger partial charge in [0.1, 0.15) is 18.9 Å². The standard InChI is InChI=1S/C23H24N2O5S/c1-16-5-3-6-17(2)23(16)19-8-4-7-18(13-19)15-30-21-11-9-20(10-12-21)25(14-22(26)27)31(24,28)29/h3-13H,14-15H2,1-2H3,(H,26,27)(H2,24,28,29). The minimum Gasteiger partial charge on any atom is -0.489 e. The topological polar surface area (TPSA) is 110 Å². The fraction of sp³-hybridized carbons (Fsp3) is 0.174. The van der Waals surface area contributed by atoms with Crippen molar-refractivity contribution in [2.45, 2.75) is 20.5 Å². The van der Waals surface area contributed by atoms with Gasteiger partial charge in [-0.2, -0.15) is 8.42 Å². The maximum atomic E-state index is 11.7. The lowest BCUT2D eigenvalue weighted by atomic mass is 9.95. The number of hydrogen-bond donors (Lipinski definition) is 2. The maximum Gasteiger partial charge on any atom is 0.324 e. The number of carbonyl (C=O) groups is 1. The van der Waals surface area contributed by atoms with E-state index < -0.39 is 22.7 Å². The number of nitrogens with two attached hydrogens (primary N) is 1. The molecule has 0 fully saturated rings. The number of hydrogen-bond acceptors (Lipinski definition) is 4. The molecule has 3 rings (SSSR count). The zero-order chi connectivity index (χ0) is 22.6. The van der Waals surface area contributed by atoms with E-state index in [-0.39, 0.29) is 5.69 Å². The van der Waals surface area contributed by atoms with Gasteiger partial charge in [-0.3, -0.25) is 4.79 Å². The highest BCUT2D eigenvalue weighted by atomic mass is 32.2. The van der Waals surface area contributed by atoms with Gasteiger partial charge in [0.15, 0.2) is 0 Å². The molecule has 0 spiro atoms. The Hall–Kier alpha value is -3.36. The molecule has 0 unspecified atom stereocenters. The Morgan fingerprint density at radius 1 is 1.00 bits per heavy atom. The average Bonchev–Trinajstić information content (AvgIpc) is 2.70. The van der Waals surface area contributed by atoms with E-state index in [4.69, 9.17) is 15.0 Å². The van der Waals surface area contributed by atoms with Crippen molar-refractivity contribution in [3.8, 4) is 16.9 Å². The Labute approximate surface area is 181 Å². The van der Waals surface area contributed by atoms with Gasteiger partial charge in [-0.25, -0.2) is 9.44 Å². The predicted octanol–water partition coefficient (Wildman–Crippen LogP) is 3.64. The van der Waals surface area contributed by atoms with Crippen LogP contribution in [0, 0.1) is 13.8 Å². The molecule has 0 aliphatic rings. The highest BCUT2D eigenvalue weighted by Crippen LogP contribution is 2.28. The summed E-state index contributed by atoms with van der Waals surface area (Å²) in [5.41, 5.74) is 5.86. The Bertz CT molecular complexity index is 1170. The lowest BCUT2D eigenvalue weighted by Gasteiger charge is -2.20. The molecular formula is C23H24N2O5S. The monoisotopic (exact) mass is 440 g/mol. The van der Waals surface area contributed by atoms with Crippen LogP contribution in [-0.4, -0.2) is 26.0 Å². The van der Waals surface area contributed by atoms with Crippen LogP contribution >= 0.6 is 0 Å². The normalized spacial score (nSPS) is 11.2.